The molecule has 3 saturated heterocycles. The van der Waals surface area contributed by atoms with Gasteiger partial charge < -0.3 is 25.0 Å². The fraction of sp³-hybridized carbons (Fsp3) is 0.636. The van der Waals surface area contributed by atoms with Gasteiger partial charge in [-0.15, -0.1) is 0 Å². The first-order valence-electron chi connectivity index (χ1n) is 11.0. The van der Waals surface area contributed by atoms with Gasteiger partial charge in [-0.05, 0) is 50.6 Å². The Morgan fingerprint density at radius 3 is 2.60 bits per heavy atom. The summed E-state index contributed by atoms with van der Waals surface area (Å²) in [6.45, 7) is 6.70. The smallest absolute Gasteiger partial charge is 0.319 e. The zero-order chi connectivity index (χ0) is 20.8. The van der Waals surface area contributed by atoms with Crippen LogP contribution in [0, 0.1) is 5.92 Å². The van der Waals surface area contributed by atoms with Gasteiger partial charge in [-0.2, -0.15) is 0 Å². The van der Waals surface area contributed by atoms with Crippen molar-refractivity contribution in [1.82, 2.24) is 15.1 Å². The average Bonchev–Trinajstić information content (AvgIpc) is 3.49. The molecule has 0 spiro atoms. The SMILES string of the molecule is O=C(NC[C@@H]([C@H]1CCOC1)N1CCCC1)Nc1cccc(C(=O)N2CCOCC2)c1. The number of likely N-dealkylation sites (tertiary alicyclic amines) is 1. The molecule has 0 saturated carbocycles. The maximum Gasteiger partial charge on any atom is 0.319 e. The lowest BCUT2D eigenvalue weighted by atomic mass is 9.97. The Morgan fingerprint density at radius 2 is 1.87 bits per heavy atom. The lowest BCUT2D eigenvalue weighted by Gasteiger charge is -2.32. The van der Waals surface area contributed by atoms with Crippen molar-refractivity contribution in [3.8, 4) is 0 Å². The van der Waals surface area contributed by atoms with Gasteiger partial charge in [-0.25, -0.2) is 4.79 Å². The molecule has 1 aromatic carbocycles. The minimum atomic E-state index is -0.242. The molecule has 0 aliphatic carbocycles. The largest absolute Gasteiger partial charge is 0.381 e. The maximum atomic E-state index is 12.7. The molecule has 3 aliphatic heterocycles. The molecule has 30 heavy (non-hydrogen) atoms. The minimum Gasteiger partial charge on any atom is -0.381 e. The van der Waals surface area contributed by atoms with Gasteiger partial charge in [0.05, 0.1) is 19.8 Å². The lowest BCUT2D eigenvalue weighted by Crippen LogP contribution is -2.48. The summed E-state index contributed by atoms with van der Waals surface area (Å²) in [7, 11) is 0. The highest BCUT2D eigenvalue weighted by Crippen LogP contribution is 2.24. The van der Waals surface area contributed by atoms with Crippen molar-refractivity contribution >= 4 is 17.6 Å². The van der Waals surface area contributed by atoms with Crippen LogP contribution in [0.1, 0.15) is 29.6 Å². The monoisotopic (exact) mass is 416 g/mol. The van der Waals surface area contributed by atoms with Crippen molar-refractivity contribution in [3.63, 3.8) is 0 Å². The second kappa shape index (κ2) is 10.2. The zero-order valence-corrected chi connectivity index (χ0v) is 17.5. The molecular weight excluding hydrogens is 384 g/mol. The van der Waals surface area contributed by atoms with E-state index >= 15 is 0 Å². The van der Waals surface area contributed by atoms with Crippen LogP contribution in [0.2, 0.25) is 0 Å². The number of nitrogens with zero attached hydrogens (tertiary/aromatic N) is 2. The summed E-state index contributed by atoms with van der Waals surface area (Å²) < 4.78 is 10.9. The van der Waals surface area contributed by atoms with E-state index in [2.05, 4.69) is 15.5 Å². The Bertz CT molecular complexity index is 710. The number of anilines is 1. The van der Waals surface area contributed by atoms with Crippen LogP contribution in [0.5, 0.6) is 0 Å². The van der Waals surface area contributed by atoms with Gasteiger partial charge in [-0.3, -0.25) is 9.69 Å². The summed E-state index contributed by atoms with van der Waals surface area (Å²) in [6.07, 6.45) is 3.50. The number of nitrogens with one attached hydrogen (secondary N) is 2. The summed E-state index contributed by atoms with van der Waals surface area (Å²) in [5.41, 5.74) is 1.20. The minimum absolute atomic E-state index is 0.0299. The van der Waals surface area contributed by atoms with Gasteiger partial charge in [0.2, 0.25) is 0 Å². The lowest BCUT2D eigenvalue weighted by molar-refractivity contribution is 0.0303. The Kier molecular flexibility index (Phi) is 7.20. The Labute approximate surface area is 177 Å². The van der Waals surface area contributed by atoms with E-state index in [0.717, 1.165) is 32.7 Å². The van der Waals surface area contributed by atoms with Gasteiger partial charge in [0, 0.05) is 49.5 Å². The van der Waals surface area contributed by atoms with Gasteiger partial charge in [0.25, 0.3) is 5.91 Å². The second-order valence-electron chi connectivity index (χ2n) is 8.25. The van der Waals surface area contributed by atoms with Crippen LogP contribution in [-0.4, -0.2) is 86.9 Å². The highest BCUT2D eigenvalue weighted by atomic mass is 16.5. The first-order valence-corrected chi connectivity index (χ1v) is 11.0. The number of carbonyl (C=O) groups is 2. The van der Waals surface area contributed by atoms with Crippen molar-refractivity contribution in [2.75, 3.05) is 64.5 Å². The number of rotatable bonds is 6. The first kappa shape index (κ1) is 21.1. The molecule has 3 fully saturated rings. The van der Waals surface area contributed by atoms with Crippen LogP contribution in [0.3, 0.4) is 0 Å². The number of hydrogen-bond donors (Lipinski definition) is 2. The first-order chi connectivity index (χ1) is 14.7. The molecule has 3 aliphatic rings. The molecule has 0 radical (unpaired) electrons. The van der Waals surface area contributed by atoms with E-state index in [1.165, 1.54) is 12.8 Å². The highest BCUT2D eigenvalue weighted by Gasteiger charge is 2.32. The third kappa shape index (κ3) is 5.30. The molecule has 3 heterocycles. The van der Waals surface area contributed by atoms with Crippen molar-refractivity contribution in [3.05, 3.63) is 29.8 Å². The number of benzene rings is 1. The summed E-state index contributed by atoms with van der Waals surface area (Å²) in [5, 5.41) is 5.92. The van der Waals surface area contributed by atoms with Crippen LogP contribution >= 0.6 is 0 Å². The van der Waals surface area contributed by atoms with Gasteiger partial charge in [0.15, 0.2) is 0 Å². The topological polar surface area (TPSA) is 83.1 Å². The van der Waals surface area contributed by atoms with Crippen LogP contribution < -0.4 is 10.6 Å². The third-order valence-electron chi connectivity index (χ3n) is 6.26. The summed E-state index contributed by atoms with van der Waals surface area (Å²) in [5.74, 6) is 0.440. The Balaban J connectivity index is 1.32. The summed E-state index contributed by atoms with van der Waals surface area (Å²) in [6, 6.07) is 7.19. The second-order valence-corrected chi connectivity index (χ2v) is 8.25. The normalized spacial score (nSPS) is 23.3. The van der Waals surface area contributed by atoms with E-state index in [4.69, 9.17) is 9.47 Å². The fourth-order valence-electron chi connectivity index (χ4n) is 4.57. The predicted octanol–water partition coefficient (Wildman–Crippen LogP) is 1.78. The number of ether oxygens (including phenoxy) is 2. The van der Waals surface area contributed by atoms with E-state index in [1.807, 2.05) is 0 Å². The Morgan fingerprint density at radius 1 is 1.07 bits per heavy atom. The van der Waals surface area contributed by atoms with Crippen LogP contribution in [0.15, 0.2) is 24.3 Å². The molecule has 0 bridgehead atoms. The van der Waals surface area contributed by atoms with Gasteiger partial charge in [-0.1, -0.05) is 6.07 Å². The van der Waals surface area contributed by atoms with Crippen LogP contribution in [0.25, 0.3) is 0 Å². The number of urea groups is 1. The Hall–Kier alpha value is -2.16. The average molecular weight is 417 g/mol. The van der Waals surface area contributed by atoms with Crippen molar-refractivity contribution < 1.29 is 19.1 Å². The number of amides is 3. The summed E-state index contributed by atoms with van der Waals surface area (Å²) >= 11 is 0. The maximum absolute atomic E-state index is 12.7. The predicted molar refractivity (Wildman–Crippen MR) is 114 cm³/mol. The molecule has 3 amide bonds. The van der Waals surface area contributed by atoms with Gasteiger partial charge in [0.1, 0.15) is 0 Å². The molecule has 2 atom stereocenters. The van der Waals surface area contributed by atoms with E-state index in [0.29, 0.717) is 56.1 Å². The van der Waals surface area contributed by atoms with Crippen LogP contribution in [0.4, 0.5) is 10.5 Å². The van der Waals surface area contributed by atoms with E-state index < -0.39 is 0 Å². The van der Waals surface area contributed by atoms with E-state index in [1.54, 1.807) is 29.2 Å². The van der Waals surface area contributed by atoms with Crippen molar-refractivity contribution in [1.29, 1.82) is 0 Å². The molecule has 0 unspecified atom stereocenters. The molecule has 1 aromatic rings. The third-order valence-corrected chi connectivity index (χ3v) is 6.26. The molecule has 0 aromatic heterocycles. The molecule has 8 nitrogen and oxygen atoms in total. The molecule has 8 heteroatoms. The number of hydrogen-bond acceptors (Lipinski definition) is 5. The number of carbonyl (C=O) groups excluding carboxylic acids is 2. The fourth-order valence-corrected chi connectivity index (χ4v) is 4.57. The van der Waals surface area contributed by atoms with Crippen molar-refractivity contribution in [2.24, 2.45) is 5.92 Å². The summed E-state index contributed by atoms with van der Waals surface area (Å²) in [4.78, 5) is 29.5. The van der Waals surface area contributed by atoms with E-state index in [9.17, 15) is 9.59 Å². The van der Waals surface area contributed by atoms with Crippen LogP contribution in [-0.2, 0) is 9.47 Å². The molecule has 4 rings (SSSR count). The van der Waals surface area contributed by atoms with E-state index in [-0.39, 0.29) is 11.9 Å². The molecule has 2 N–H and O–H groups in total. The van der Waals surface area contributed by atoms with Gasteiger partial charge >= 0.3 is 6.03 Å². The molecule has 164 valence electrons. The zero-order valence-electron chi connectivity index (χ0n) is 17.5. The number of morpholine rings is 1. The molecular formula is C22H32N4O4. The highest BCUT2D eigenvalue weighted by molar-refractivity contribution is 5.97. The van der Waals surface area contributed by atoms with Crippen molar-refractivity contribution in [2.45, 2.75) is 25.3 Å². The standard InChI is InChI=1S/C22H32N4O4/c27-21(26-9-12-29-13-10-26)17-4-3-5-19(14-17)24-22(28)23-15-20(18-6-11-30-16-18)25-7-1-2-8-25/h3-5,14,18,20H,1-2,6-13,15-16H2,(H2,23,24,28)/t18-,20-/m0/s1. The quantitative estimate of drug-likeness (QED) is 0.739.